The number of anilines is 1. The number of carbonyl (C=O) groups is 1. The lowest BCUT2D eigenvalue weighted by molar-refractivity contribution is -0.116. The fourth-order valence-electron chi connectivity index (χ4n) is 2.74. The number of benzene rings is 2. The van der Waals surface area contributed by atoms with Crippen LogP contribution in [0, 0.1) is 0 Å². The van der Waals surface area contributed by atoms with Crippen LogP contribution in [0.15, 0.2) is 59.4 Å². The average Bonchev–Trinajstić information content (AvgIpc) is 2.72. The van der Waals surface area contributed by atoms with Crippen LogP contribution in [0.3, 0.4) is 0 Å². The largest absolute Gasteiger partial charge is 0.497 e. The maximum atomic E-state index is 12.2. The molecule has 0 saturated heterocycles. The molecule has 0 bridgehead atoms. The molecule has 0 radical (unpaired) electrons. The van der Waals surface area contributed by atoms with Gasteiger partial charge in [0, 0.05) is 29.6 Å². The van der Waals surface area contributed by atoms with Crippen molar-refractivity contribution in [3.8, 4) is 17.0 Å². The standard InChI is InChI=1S/C21H19Cl2N3O3/c1-29-16-5-2-4-14(12-16)18-9-10-21(28)26(25-18)11-3-6-20(27)24-19-13-15(22)7-8-17(19)23/h2,4-5,7-10,12-13H,3,6,11H2,1H3,(H,24,27). The number of hydrogen-bond donors (Lipinski definition) is 1. The van der Waals surface area contributed by atoms with Crippen molar-refractivity contribution < 1.29 is 9.53 Å². The van der Waals surface area contributed by atoms with E-state index in [4.69, 9.17) is 27.9 Å². The molecule has 0 saturated carbocycles. The first-order chi connectivity index (χ1) is 14.0. The van der Waals surface area contributed by atoms with Gasteiger partial charge in [-0.2, -0.15) is 5.10 Å². The van der Waals surface area contributed by atoms with E-state index in [1.807, 2.05) is 24.3 Å². The Hall–Kier alpha value is -2.83. The summed E-state index contributed by atoms with van der Waals surface area (Å²) in [7, 11) is 1.59. The summed E-state index contributed by atoms with van der Waals surface area (Å²) in [4.78, 5) is 24.3. The number of ether oxygens (including phenoxy) is 1. The van der Waals surface area contributed by atoms with E-state index in [0.717, 1.165) is 5.56 Å². The lowest BCUT2D eigenvalue weighted by Crippen LogP contribution is -2.23. The Labute approximate surface area is 178 Å². The Morgan fingerprint density at radius 2 is 1.97 bits per heavy atom. The molecule has 1 heterocycles. The van der Waals surface area contributed by atoms with Gasteiger partial charge in [0.25, 0.3) is 5.56 Å². The van der Waals surface area contributed by atoms with Crippen LogP contribution in [-0.2, 0) is 11.3 Å². The first kappa shape index (κ1) is 20.9. The monoisotopic (exact) mass is 431 g/mol. The molecule has 0 fully saturated rings. The van der Waals surface area contributed by atoms with Crippen LogP contribution in [0.2, 0.25) is 10.0 Å². The van der Waals surface area contributed by atoms with E-state index in [0.29, 0.717) is 40.1 Å². The van der Waals surface area contributed by atoms with Crippen molar-refractivity contribution in [3.05, 3.63) is 75.0 Å². The molecular weight excluding hydrogens is 413 g/mol. The number of aromatic nitrogens is 2. The molecule has 0 atom stereocenters. The molecule has 150 valence electrons. The third-order valence-corrected chi connectivity index (χ3v) is 4.77. The number of aryl methyl sites for hydroxylation is 1. The van der Waals surface area contributed by atoms with Crippen LogP contribution >= 0.6 is 23.2 Å². The summed E-state index contributed by atoms with van der Waals surface area (Å²) in [6.45, 7) is 0.313. The van der Waals surface area contributed by atoms with Crippen molar-refractivity contribution in [2.75, 3.05) is 12.4 Å². The van der Waals surface area contributed by atoms with Gasteiger partial charge in [-0.3, -0.25) is 9.59 Å². The Kier molecular flexibility index (Phi) is 6.90. The van der Waals surface area contributed by atoms with E-state index in [1.165, 1.54) is 10.7 Å². The number of nitrogens with one attached hydrogen (secondary N) is 1. The predicted octanol–water partition coefficient (Wildman–Crippen LogP) is 4.64. The van der Waals surface area contributed by atoms with Crippen LogP contribution in [0.4, 0.5) is 5.69 Å². The molecule has 0 unspecified atom stereocenters. The number of halogens is 2. The van der Waals surface area contributed by atoms with Crippen molar-refractivity contribution in [1.29, 1.82) is 0 Å². The van der Waals surface area contributed by atoms with Crippen molar-refractivity contribution >= 4 is 34.8 Å². The summed E-state index contributed by atoms with van der Waals surface area (Å²) >= 11 is 12.0. The number of hydrogen-bond acceptors (Lipinski definition) is 4. The van der Waals surface area contributed by atoms with E-state index in [2.05, 4.69) is 10.4 Å². The molecule has 0 aliphatic heterocycles. The minimum atomic E-state index is -0.227. The summed E-state index contributed by atoms with van der Waals surface area (Å²) in [5.41, 5.74) is 1.72. The lowest BCUT2D eigenvalue weighted by atomic mass is 10.1. The van der Waals surface area contributed by atoms with Gasteiger partial charge in [0.1, 0.15) is 5.75 Å². The second-order valence-corrected chi connectivity index (χ2v) is 7.13. The van der Waals surface area contributed by atoms with Gasteiger partial charge >= 0.3 is 0 Å². The summed E-state index contributed by atoms with van der Waals surface area (Å²) in [5, 5.41) is 8.02. The maximum absolute atomic E-state index is 12.2. The summed E-state index contributed by atoms with van der Waals surface area (Å²) in [6.07, 6.45) is 0.652. The van der Waals surface area contributed by atoms with Crippen molar-refractivity contribution in [2.24, 2.45) is 0 Å². The fraction of sp³-hybridized carbons (Fsp3) is 0.190. The van der Waals surface area contributed by atoms with E-state index < -0.39 is 0 Å². The highest BCUT2D eigenvalue weighted by molar-refractivity contribution is 6.35. The molecule has 1 N–H and O–H groups in total. The Bertz CT molecular complexity index is 1080. The molecule has 1 aromatic heterocycles. The normalized spacial score (nSPS) is 10.6. The van der Waals surface area contributed by atoms with Gasteiger partial charge in [0.2, 0.25) is 5.91 Å². The zero-order valence-electron chi connectivity index (χ0n) is 15.7. The average molecular weight is 432 g/mol. The Morgan fingerprint density at radius 3 is 2.76 bits per heavy atom. The molecule has 3 rings (SSSR count). The quantitative estimate of drug-likeness (QED) is 0.590. The number of rotatable bonds is 7. The Balaban J connectivity index is 1.64. The SMILES string of the molecule is COc1cccc(-c2ccc(=O)n(CCCC(=O)Nc3cc(Cl)ccc3Cl)n2)c1. The van der Waals surface area contributed by atoms with E-state index in [9.17, 15) is 9.59 Å². The zero-order valence-corrected chi connectivity index (χ0v) is 17.2. The first-order valence-corrected chi connectivity index (χ1v) is 9.69. The number of nitrogens with zero attached hydrogens (tertiary/aromatic N) is 2. The second-order valence-electron chi connectivity index (χ2n) is 6.29. The smallest absolute Gasteiger partial charge is 0.266 e. The molecule has 0 aliphatic carbocycles. The molecule has 29 heavy (non-hydrogen) atoms. The van der Waals surface area contributed by atoms with Crippen molar-refractivity contribution in [1.82, 2.24) is 9.78 Å². The van der Waals surface area contributed by atoms with E-state index in [-0.39, 0.29) is 17.9 Å². The summed E-state index contributed by atoms with van der Waals surface area (Å²) < 4.78 is 6.58. The first-order valence-electron chi connectivity index (χ1n) is 8.94. The molecular formula is C21H19Cl2N3O3. The number of carbonyl (C=O) groups excluding carboxylic acids is 1. The van der Waals surface area contributed by atoms with Gasteiger partial charge < -0.3 is 10.1 Å². The molecule has 0 spiro atoms. The second kappa shape index (κ2) is 9.58. The van der Waals surface area contributed by atoms with Crippen LogP contribution in [-0.4, -0.2) is 22.8 Å². The minimum Gasteiger partial charge on any atom is -0.497 e. The van der Waals surface area contributed by atoms with E-state index in [1.54, 1.807) is 31.4 Å². The highest BCUT2D eigenvalue weighted by Crippen LogP contribution is 2.25. The predicted molar refractivity (Wildman–Crippen MR) is 115 cm³/mol. The van der Waals surface area contributed by atoms with Crippen LogP contribution in [0.5, 0.6) is 5.75 Å². The topological polar surface area (TPSA) is 73.2 Å². The molecule has 3 aromatic rings. The third kappa shape index (κ3) is 5.59. The molecule has 0 aliphatic rings. The zero-order chi connectivity index (χ0) is 20.8. The molecule has 1 amide bonds. The maximum Gasteiger partial charge on any atom is 0.266 e. The molecule has 8 heteroatoms. The van der Waals surface area contributed by atoms with E-state index >= 15 is 0 Å². The number of methoxy groups -OCH3 is 1. The van der Waals surface area contributed by atoms with Gasteiger partial charge in [-0.05, 0) is 42.8 Å². The molecule has 2 aromatic carbocycles. The van der Waals surface area contributed by atoms with Crippen LogP contribution < -0.4 is 15.6 Å². The third-order valence-electron chi connectivity index (χ3n) is 4.21. The lowest BCUT2D eigenvalue weighted by Gasteiger charge is -2.09. The van der Waals surface area contributed by atoms with Crippen molar-refractivity contribution in [2.45, 2.75) is 19.4 Å². The summed E-state index contributed by atoms with van der Waals surface area (Å²) in [5.74, 6) is 0.490. The number of amides is 1. The van der Waals surface area contributed by atoms with Crippen LogP contribution in [0.1, 0.15) is 12.8 Å². The van der Waals surface area contributed by atoms with Gasteiger partial charge in [0.15, 0.2) is 0 Å². The van der Waals surface area contributed by atoms with Crippen LogP contribution in [0.25, 0.3) is 11.3 Å². The van der Waals surface area contributed by atoms with Gasteiger partial charge in [-0.25, -0.2) is 4.68 Å². The molecule has 6 nitrogen and oxygen atoms in total. The highest BCUT2D eigenvalue weighted by Gasteiger charge is 2.09. The summed E-state index contributed by atoms with van der Waals surface area (Å²) in [6, 6.07) is 15.4. The highest BCUT2D eigenvalue weighted by atomic mass is 35.5. The van der Waals surface area contributed by atoms with Gasteiger partial charge in [0.05, 0.1) is 23.5 Å². The van der Waals surface area contributed by atoms with Gasteiger partial charge in [-0.1, -0.05) is 35.3 Å². The van der Waals surface area contributed by atoms with Gasteiger partial charge in [-0.15, -0.1) is 0 Å². The Morgan fingerprint density at radius 1 is 1.14 bits per heavy atom. The van der Waals surface area contributed by atoms with Crippen molar-refractivity contribution in [3.63, 3.8) is 0 Å². The minimum absolute atomic E-state index is 0.209. The fourth-order valence-corrected chi connectivity index (χ4v) is 3.08.